The molecule has 5 nitrogen and oxygen atoms in total. The van der Waals surface area contributed by atoms with Crippen LogP contribution in [-0.2, 0) is 4.79 Å². The number of piperazine rings is 1. The molecule has 0 unspecified atom stereocenters. The van der Waals surface area contributed by atoms with Gasteiger partial charge in [-0.1, -0.05) is 40.6 Å². The number of nitrogens with one attached hydrogen (secondary N) is 1. The number of rotatable bonds is 7. The highest BCUT2D eigenvalue weighted by molar-refractivity contribution is 8.00. The largest absolute Gasteiger partial charge is 0.354 e. The first-order valence-electron chi connectivity index (χ1n) is 10.2. The highest BCUT2D eigenvalue weighted by Crippen LogP contribution is 2.35. The molecule has 4 rings (SSSR count). The Labute approximate surface area is 200 Å². The van der Waals surface area contributed by atoms with Gasteiger partial charge in [0.1, 0.15) is 0 Å². The Hall–Kier alpha value is -1.51. The third kappa shape index (κ3) is 5.84. The Morgan fingerprint density at radius 2 is 1.87 bits per heavy atom. The Morgan fingerprint density at radius 1 is 1.13 bits per heavy atom. The molecule has 0 aliphatic carbocycles. The van der Waals surface area contributed by atoms with Crippen molar-refractivity contribution in [3.8, 4) is 0 Å². The van der Waals surface area contributed by atoms with E-state index in [9.17, 15) is 4.79 Å². The number of anilines is 1. The number of thioether (sulfide) groups is 1. The van der Waals surface area contributed by atoms with E-state index in [1.165, 1.54) is 11.8 Å². The quantitative estimate of drug-likeness (QED) is 0.471. The molecule has 1 fully saturated rings. The number of carbonyl (C=O) groups is 1. The van der Waals surface area contributed by atoms with Gasteiger partial charge in [0.25, 0.3) is 0 Å². The topological polar surface area (TPSA) is 48.5 Å². The molecule has 0 radical (unpaired) electrons. The fourth-order valence-electron chi connectivity index (χ4n) is 3.47. The smallest absolute Gasteiger partial charge is 0.230 e. The molecule has 0 spiro atoms. The van der Waals surface area contributed by atoms with E-state index in [2.05, 4.69) is 22.0 Å². The van der Waals surface area contributed by atoms with Gasteiger partial charge in [-0.05, 0) is 42.8 Å². The molecule has 0 bridgehead atoms. The van der Waals surface area contributed by atoms with Crippen molar-refractivity contribution in [3.63, 3.8) is 0 Å². The van der Waals surface area contributed by atoms with Gasteiger partial charge in [-0.2, -0.15) is 0 Å². The number of carbonyl (C=O) groups excluding carboxylic acids is 1. The summed E-state index contributed by atoms with van der Waals surface area (Å²) in [7, 11) is 0. The number of amides is 1. The summed E-state index contributed by atoms with van der Waals surface area (Å²) in [6.07, 6.45) is 0. The summed E-state index contributed by atoms with van der Waals surface area (Å²) in [4.78, 5) is 22.7. The summed E-state index contributed by atoms with van der Waals surface area (Å²) in [5.74, 6) is 0.468. The van der Waals surface area contributed by atoms with Crippen LogP contribution in [0.3, 0.4) is 0 Å². The van der Waals surface area contributed by atoms with Crippen molar-refractivity contribution >= 4 is 67.6 Å². The minimum Gasteiger partial charge on any atom is -0.354 e. The number of aryl methyl sites for hydroxylation is 1. The SMILES string of the molecule is Cc1ccc(Cl)c2sc(N3CCN(CCNC(=O)CSc4ccc(Cl)cc4)CC3)nc12. The molecule has 31 heavy (non-hydrogen) atoms. The molecule has 1 aliphatic heterocycles. The molecule has 2 aromatic carbocycles. The highest BCUT2D eigenvalue weighted by atomic mass is 35.5. The summed E-state index contributed by atoms with van der Waals surface area (Å²) in [6.45, 7) is 7.36. The minimum absolute atomic E-state index is 0.0558. The lowest BCUT2D eigenvalue weighted by atomic mass is 10.2. The van der Waals surface area contributed by atoms with Crippen molar-refractivity contribution in [1.29, 1.82) is 0 Å². The molecular weight excluding hydrogens is 471 g/mol. The van der Waals surface area contributed by atoms with E-state index in [0.29, 0.717) is 17.3 Å². The zero-order chi connectivity index (χ0) is 21.8. The second kappa shape index (κ2) is 10.4. The molecule has 1 saturated heterocycles. The van der Waals surface area contributed by atoms with Gasteiger partial charge in [-0.15, -0.1) is 11.8 Å². The lowest BCUT2D eigenvalue weighted by Gasteiger charge is -2.34. The van der Waals surface area contributed by atoms with Crippen LogP contribution in [0.25, 0.3) is 10.2 Å². The second-order valence-electron chi connectivity index (χ2n) is 7.46. The fourth-order valence-corrected chi connectivity index (χ4v) is 5.70. The van der Waals surface area contributed by atoms with Crippen molar-refractivity contribution in [1.82, 2.24) is 15.2 Å². The zero-order valence-electron chi connectivity index (χ0n) is 17.2. The zero-order valence-corrected chi connectivity index (χ0v) is 20.4. The Kier molecular flexibility index (Phi) is 7.61. The Balaban J connectivity index is 1.19. The van der Waals surface area contributed by atoms with Crippen molar-refractivity contribution in [2.24, 2.45) is 0 Å². The van der Waals surface area contributed by atoms with E-state index < -0.39 is 0 Å². The molecule has 1 aromatic heterocycles. The number of thiazole rings is 1. The van der Waals surface area contributed by atoms with Gasteiger partial charge < -0.3 is 10.2 Å². The molecule has 9 heteroatoms. The Bertz CT molecular complexity index is 1010. The summed E-state index contributed by atoms with van der Waals surface area (Å²) in [5.41, 5.74) is 2.17. The monoisotopic (exact) mass is 494 g/mol. The van der Waals surface area contributed by atoms with Crippen molar-refractivity contribution in [2.75, 3.05) is 49.9 Å². The van der Waals surface area contributed by atoms with Gasteiger partial charge in [0.05, 0.1) is 21.0 Å². The third-order valence-electron chi connectivity index (χ3n) is 5.26. The van der Waals surface area contributed by atoms with E-state index in [0.717, 1.165) is 63.6 Å². The van der Waals surface area contributed by atoms with Crippen LogP contribution in [0.5, 0.6) is 0 Å². The van der Waals surface area contributed by atoms with Crippen LogP contribution >= 0.6 is 46.3 Å². The number of aromatic nitrogens is 1. The van der Waals surface area contributed by atoms with E-state index >= 15 is 0 Å². The minimum atomic E-state index is 0.0558. The van der Waals surface area contributed by atoms with E-state index in [1.54, 1.807) is 11.3 Å². The number of benzene rings is 2. The number of hydrogen-bond acceptors (Lipinski definition) is 6. The van der Waals surface area contributed by atoms with Crippen molar-refractivity contribution in [2.45, 2.75) is 11.8 Å². The van der Waals surface area contributed by atoms with Crippen LogP contribution in [0, 0.1) is 6.92 Å². The first-order chi connectivity index (χ1) is 15.0. The normalized spacial score (nSPS) is 14.9. The average molecular weight is 496 g/mol. The molecule has 1 aliphatic rings. The predicted molar refractivity (Wildman–Crippen MR) is 133 cm³/mol. The summed E-state index contributed by atoms with van der Waals surface area (Å²) >= 11 is 15.4. The first kappa shape index (κ1) is 22.7. The summed E-state index contributed by atoms with van der Waals surface area (Å²) in [6, 6.07) is 11.5. The molecular formula is C22H24Cl2N4OS2. The van der Waals surface area contributed by atoms with Gasteiger partial charge in [0, 0.05) is 49.2 Å². The molecule has 0 atom stereocenters. The van der Waals surface area contributed by atoms with Crippen LogP contribution < -0.4 is 10.2 Å². The molecule has 3 aromatic rings. The molecule has 2 heterocycles. The number of hydrogen-bond donors (Lipinski definition) is 1. The third-order valence-corrected chi connectivity index (χ3v) is 8.10. The van der Waals surface area contributed by atoms with Crippen LogP contribution in [0.1, 0.15) is 5.56 Å². The lowest BCUT2D eigenvalue weighted by Crippen LogP contribution is -2.48. The number of fused-ring (bicyclic) bond motifs is 1. The van der Waals surface area contributed by atoms with Gasteiger partial charge in [0.2, 0.25) is 5.91 Å². The molecule has 0 saturated carbocycles. The summed E-state index contributed by atoms with van der Waals surface area (Å²) in [5, 5.41) is 5.53. The van der Waals surface area contributed by atoms with Gasteiger partial charge in [0.15, 0.2) is 5.13 Å². The van der Waals surface area contributed by atoms with E-state index in [4.69, 9.17) is 28.2 Å². The molecule has 1 N–H and O–H groups in total. The van der Waals surface area contributed by atoms with Crippen molar-refractivity contribution < 1.29 is 4.79 Å². The highest BCUT2D eigenvalue weighted by Gasteiger charge is 2.20. The number of halogens is 2. The van der Waals surface area contributed by atoms with Gasteiger partial charge >= 0.3 is 0 Å². The summed E-state index contributed by atoms with van der Waals surface area (Å²) < 4.78 is 1.07. The van der Waals surface area contributed by atoms with E-state index in [-0.39, 0.29) is 5.91 Å². The second-order valence-corrected chi connectivity index (χ2v) is 10.3. The Morgan fingerprint density at radius 3 is 2.58 bits per heavy atom. The average Bonchev–Trinajstić information content (AvgIpc) is 3.23. The molecule has 164 valence electrons. The van der Waals surface area contributed by atoms with E-state index in [1.807, 2.05) is 36.4 Å². The maximum Gasteiger partial charge on any atom is 0.230 e. The number of nitrogens with zero attached hydrogens (tertiary/aromatic N) is 3. The van der Waals surface area contributed by atoms with Crippen LogP contribution in [-0.4, -0.2) is 60.8 Å². The van der Waals surface area contributed by atoms with Crippen LogP contribution in [0.4, 0.5) is 5.13 Å². The maximum absolute atomic E-state index is 12.1. The predicted octanol–water partition coefficient (Wildman–Crippen LogP) is 4.94. The van der Waals surface area contributed by atoms with Gasteiger partial charge in [-0.25, -0.2) is 4.98 Å². The standard InChI is InChI=1S/C22H24Cl2N4OS2/c1-15-2-7-18(24)21-20(15)26-22(31-21)28-12-10-27(11-13-28)9-8-25-19(29)14-30-17-5-3-16(23)4-6-17/h2-7H,8-14H2,1H3,(H,25,29). The van der Waals surface area contributed by atoms with Crippen LogP contribution in [0.2, 0.25) is 10.0 Å². The first-order valence-corrected chi connectivity index (χ1v) is 12.7. The van der Waals surface area contributed by atoms with Crippen molar-refractivity contribution in [3.05, 3.63) is 52.0 Å². The lowest BCUT2D eigenvalue weighted by molar-refractivity contribution is -0.118. The van der Waals surface area contributed by atoms with Crippen LogP contribution in [0.15, 0.2) is 41.3 Å². The fraction of sp³-hybridized carbons (Fsp3) is 0.364. The molecule has 1 amide bonds. The van der Waals surface area contributed by atoms with Gasteiger partial charge in [-0.3, -0.25) is 9.69 Å². The maximum atomic E-state index is 12.1.